The lowest BCUT2D eigenvalue weighted by Crippen LogP contribution is -2.58. The van der Waals surface area contributed by atoms with Crippen LogP contribution >= 0.6 is 0 Å². The fourth-order valence-electron chi connectivity index (χ4n) is 3.53. The molecule has 33 heavy (non-hydrogen) atoms. The number of phenols is 5. The molecular weight excluding hydrogens is 444 g/mol. The molecule has 1 fully saturated rings. The molecule has 2 aromatic carbocycles. The number of aromatic hydroxyl groups is 5. The van der Waals surface area contributed by atoms with Gasteiger partial charge in [0, 0.05) is 17.7 Å². The van der Waals surface area contributed by atoms with Gasteiger partial charge in [-0.1, -0.05) is 0 Å². The molecule has 0 aliphatic carbocycles. The highest BCUT2D eigenvalue weighted by atomic mass is 16.7. The molecule has 1 unspecified atom stereocenters. The molecule has 0 saturated carbocycles. The number of aliphatic hydroxyl groups excluding tert-OH is 3. The van der Waals surface area contributed by atoms with Gasteiger partial charge in [0.05, 0.1) is 6.10 Å². The summed E-state index contributed by atoms with van der Waals surface area (Å²) in [6.45, 7) is 1.39. The van der Waals surface area contributed by atoms with Crippen LogP contribution in [0.15, 0.2) is 33.5 Å². The Kier molecular flexibility index (Phi) is 5.46. The Morgan fingerprint density at radius 3 is 2.12 bits per heavy atom. The number of fused-ring (bicyclic) bond motifs is 1. The van der Waals surface area contributed by atoms with Crippen LogP contribution in [-0.4, -0.2) is 71.6 Å². The second-order valence-electron chi connectivity index (χ2n) is 7.59. The lowest BCUT2D eigenvalue weighted by Gasteiger charge is -2.38. The van der Waals surface area contributed by atoms with E-state index in [1.807, 2.05) is 0 Å². The van der Waals surface area contributed by atoms with Crippen molar-refractivity contribution in [1.82, 2.24) is 0 Å². The maximum absolute atomic E-state index is 13.2. The Labute approximate surface area is 184 Å². The van der Waals surface area contributed by atoms with Crippen molar-refractivity contribution >= 4 is 11.0 Å². The number of aliphatic hydroxyl groups is 3. The summed E-state index contributed by atoms with van der Waals surface area (Å²) in [6, 6.07) is 3.79. The zero-order valence-electron chi connectivity index (χ0n) is 16.9. The first kappa shape index (κ1) is 22.5. The summed E-state index contributed by atoms with van der Waals surface area (Å²) in [5.74, 6) is -4.55. The minimum Gasteiger partial charge on any atom is -0.508 e. The van der Waals surface area contributed by atoms with Crippen LogP contribution in [-0.2, 0) is 4.74 Å². The van der Waals surface area contributed by atoms with E-state index in [1.165, 1.54) is 6.92 Å². The van der Waals surface area contributed by atoms with Crippen LogP contribution < -0.4 is 10.2 Å². The zero-order chi connectivity index (χ0) is 24.2. The van der Waals surface area contributed by atoms with E-state index in [9.17, 15) is 45.6 Å². The minimum absolute atomic E-state index is 0.168. The topological polar surface area (TPSA) is 211 Å². The first-order chi connectivity index (χ1) is 15.5. The molecule has 176 valence electrons. The second-order valence-corrected chi connectivity index (χ2v) is 7.59. The predicted molar refractivity (Wildman–Crippen MR) is 109 cm³/mol. The maximum Gasteiger partial charge on any atom is 0.239 e. The summed E-state index contributed by atoms with van der Waals surface area (Å²) in [4.78, 5) is 13.2. The Morgan fingerprint density at radius 1 is 0.848 bits per heavy atom. The Balaban J connectivity index is 1.95. The molecule has 1 aliphatic rings. The van der Waals surface area contributed by atoms with Crippen molar-refractivity contribution in [2.24, 2.45) is 0 Å². The van der Waals surface area contributed by atoms with Gasteiger partial charge in [0.2, 0.25) is 17.5 Å². The number of hydrogen-bond donors (Lipinski definition) is 8. The molecule has 0 spiro atoms. The van der Waals surface area contributed by atoms with Crippen molar-refractivity contribution < 1.29 is 54.7 Å². The molecule has 1 aromatic heterocycles. The van der Waals surface area contributed by atoms with E-state index in [1.54, 1.807) is 0 Å². The highest BCUT2D eigenvalue weighted by molar-refractivity contribution is 5.88. The summed E-state index contributed by atoms with van der Waals surface area (Å²) in [5, 5.41) is 79.1. The average Bonchev–Trinajstić information content (AvgIpc) is 2.74. The summed E-state index contributed by atoms with van der Waals surface area (Å²) in [7, 11) is 0. The third kappa shape index (κ3) is 3.74. The SMILES string of the molecule is C[C@@H]1OC(Oc2c(-c3cc(O)c(O)c(O)c3)oc3cc(O)cc(O)c3c2=O)[C@H](O)[C@H](O)[C@H]1O. The van der Waals surface area contributed by atoms with Crippen LogP contribution in [0.1, 0.15) is 6.92 Å². The Bertz CT molecular complexity index is 1260. The molecule has 1 saturated heterocycles. The summed E-state index contributed by atoms with van der Waals surface area (Å²) in [6.07, 6.45) is -7.59. The van der Waals surface area contributed by atoms with Gasteiger partial charge >= 0.3 is 0 Å². The summed E-state index contributed by atoms with van der Waals surface area (Å²) < 4.78 is 16.5. The Hall–Kier alpha value is -3.71. The lowest BCUT2D eigenvalue weighted by atomic mass is 10.00. The van der Waals surface area contributed by atoms with Gasteiger partial charge in [-0.3, -0.25) is 4.79 Å². The van der Waals surface area contributed by atoms with Crippen molar-refractivity contribution in [2.45, 2.75) is 37.6 Å². The predicted octanol–water partition coefficient (Wildman–Crippen LogP) is 0.194. The van der Waals surface area contributed by atoms with Crippen LogP contribution in [0.25, 0.3) is 22.3 Å². The van der Waals surface area contributed by atoms with Gasteiger partial charge in [0.15, 0.2) is 23.0 Å². The number of ether oxygens (including phenoxy) is 2. The molecule has 3 aromatic rings. The Morgan fingerprint density at radius 2 is 1.48 bits per heavy atom. The van der Waals surface area contributed by atoms with Crippen molar-refractivity contribution in [3.63, 3.8) is 0 Å². The molecule has 0 amide bonds. The number of hydrogen-bond acceptors (Lipinski definition) is 12. The standard InChI is InChI=1S/C21H20O12/c1-6-14(26)17(29)18(30)21(31-6)33-20-16(28)13-9(23)4-8(22)5-12(13)32-19(20)7-2-10(24)15(27)11(25)3-7/h2-6,14,17-18,21-27,29-30H,1H3/t6-,14-,17+,18+,21?/m0/s1. The molecule has 0 radical (unpaired) electrons. The third-order valence-electron chi connectivity index (χ3n) is 5.29. The summed E-state index contributed by atoms with van der Waals surface area (Å²) in [5.41, 5.74) is -1.45. The lowest BCUT2D eigenvalue weighted by molar-refractivity contribution is -0.268. The first-order valence-corrected chi connectivity index (χ1v) is 9.64. The summed E-state index contributed by atoms with van der Waals surface area (Å²) >= 11 is 0. The quantitative estimate of drug-likeness (QED) is 0.244. The normalized spacial score (nSPS) is 25.3. The van der Waals surface area contributed by atoms with Crippen molar-refractivity contribution in [3.05, 3.63) is 34.5 Å². The first-order valence-electron chi connectivity index (χ1n) is 9.64. The van der Waals surface area contributed by atoms with Crippen molar-refractivity contribution in [3.8, 4) is 45.8 Å². The van der Waals surface area contributed by atoms with Crippen LogP contribution in [0.4, 0.5) is 0 Å². The van der Waals surface area contributed by atoms with E-state index in [0.717, 1.165) is 24.3 Å². The highest BCUT2D eigenvalue weighted by Gasteiger charge is 2.44. The molecule has 8 N–H and O–H groups in total. The zero-order valence-corrected chi connectivity index (χ0v) is 16.9. The van der Waals surface area contributed by atoms with Gasteiger partial charge in [-0.25, -0.2) is 0 Å². The third-order valence-corrected chi connectivity index (χ3v) is 5.29. The van der Waals surface area contributed by atoms with E-state index >= 15 is 0 Å². The van der Waals surface area contributed by atoms with Gasteiger partial charge < -0.3 is 54.7 Å². The number of phenolic OH excluding ortho intramolecular Hbond substituents is 5. The smallest absolute Gasteiger partial charge is 0.239 e. The highest BCUT2D eigenvalue weighted by Crippen LogP contribution is 2.43. The van der Waals surface area contributed by atoms with E-state index in [2.05, 4.69) is 0 Å². The van der Waals surface area contributed by atoms with Crippen molar-refractivity contribution in [1.29, 1.82) is 0 Å². The van der Waals surface area contributed by atoms with Gasteiger partial charge in [-0.2, -0.15) is 0 Å². The molecule has 0 bridgehead atoms. The van der Waals surface area contributed by atoms with Gasteiger partial charge in [-0.05, 0) is 19.1 Å². The van der Waals surface area contributed by atoms with E-state index in [0.29, 0.717) is 0 Å². The van der Waals surface area contributed by atoms with Gasteiger partial charge in [0.25, 0.3) is 0 Å². The fraction of sp³-hybridized carbons (Fsp3) is 0.286. The molecule has 2 heterocycles. The van der Waals surface area contributed by atoms with Gasteiger partial charge in [-0.15, -0.1) is 0 Å². The average molecular weight is 464 g/mol. The molecule has 1 aliphatic heterocycles. The monoisotopic (exact) mass is 464 g/mol. The molecule has 12 nitrogen and oxygen atoms in total. The molecule has 4 rings (SSSR count). The maximum atomic E-state index is 13.2. The number of rotatable bonds is 3. The molecule has 5 atom stereocenters. The van der Waals surface area contributed by atoms with E-state index in [-0.39, 0.29) is 11.1 Å². The van der Waals surface area contributed by atoms with Crippen molar-refractivity contribution in [2.75, 3.05) is 0 Å². The van der Waals surface area contributed by atoms with E-state index < -0.39 is 81.8 Å². The molecule has 12 heteroatoms. The van der Waals surface area contributed by atoms with Gasteiger partial charge in [0.1, 0.15) is 40.8 Å². The largest absolute Gasteiger partial charge is 0.508 e. The number of benzene rings is 2. The molecular formula is C21H20O12. The second kappa shape index (κ2) is 8.01. The van der Waals surface area contributed by atoms with Crippen LogP contribution in [0.3, 0.4) is 0 Å². The van der Waals surface area contributed by atoms with Crippen LogP contribution in [0.2, 0.25) is 0 Å². The fourth-order valence-corrected chi connectivity index (χ4v) is 3.53. The van der Waals surface area contributed by atoms with Crippen LogP contribution in [0.5, 0.6) is 34.5 Å². The van der Waals surface area contributed by atoms with E-state index in [4.69, 9.17) is 13.9 Å². The minimum atomic E-state index is -1.80. The van der Waals surface area contributed by atoms with Crippen LogP contribution in [0, 0.1) is 0 Å².